The molecule has 8 aromatic rings. The highest BCUT2D eigenvalue weighted by atomic mass is 16.3. The minimum absolute atomic E-state index is 0.195. The van der Waals surface area contributed by atoms with E-state index in [1.807, 2.05) is 126 Å². The number of rotatable bonds is 6. The van der Waals surface area contributed by atoms with Crippen molar-refractivity contribution in [2.75, 3.05) is 0 Å². The third kappa shape index (κ3) is 8.31. The van der Waals surface area contributed by atoms with E-state index in [-0.39, 0.29) is 5.52 Å². The fraction of sp³-hybridized carbons (Fsp3) is 0.300. The minimum Gasteiger partial charge on any atom is -0.507 e. The second-order valence-corrected chi connectivity index (χ2v) is 18.9. The normalized spacial score (nSPS) is 17.9. The maximum atomic E-state index is 13.1. The van der Waals surface area contributed by atoms with E-state index in [1.165, 1.54) is 0 Å². The number of hydrogen-bond acceptors (Lipinski definition) is 3. The zero-order chi connectivity index (χ0) is 61.1. The van der Waals surface area contributed by atoms with Crippen molar-refractivity contribution in [2.45, 2.75) is 118 Å². The number of pyridine rings is 1. The summed E-state index contributed by atoms with van der Waals surface area (Å²) >= 11 is 0. The Morgan fingerprint density at radius 2 is 1.14 bits per heavy atom. The van der Waals surface area contributed by atoms with Crippen LogP contribution in [0.2, 0.25) is 0 Å². The Bertz CT molecular complexity index is 3650. The van der Waals surface area contributed by atoms with E-state index >= 15 is 0 Å². The summed E-state index contributed by atoms with van der Waals surface area (Å²) in [6.07, 6.45) is 1.82. The summed E-state index contributed by atoms with van der Waals surface area (Å²) in [4.78, 5) is 10.2. The number of aromatic nitrogens is 3. The van der Waals surface area contributed by atoms with Gasteiger partial charge in [-0.05, 0) is 122 Å². The number of phenolic OH excluding ortho intramolecular Hbond substituents is 1. The second-order valence-electron chi connectivity index (χ2n) is 18.9. The minimum atomic E-state index is -4.14. The molecular formula is C60H65N3O. The molecule has 8 rings (SSSR count). The first-order valence-corrected chi connectivity index (χ1v) is 21.3. The van der Waals surface area contributed by atoms with Crippen LogP contribution >= 0.6 is 0 Å². The number of fused-ring (bicyclic) bond motifs is 1. The van der Waals surface area contributed by atoms with Gasteiger partial charge in [0.05, 0.1) is 28.0 Å². The zero-order valence-corrected chi connectivity index (χ0v) is 37.5. The van der Waals surface area contributed by atoms with E-state index in [9.17, 15) is 5.11 Å². The molecule has 0 saturated carbocycles. The molecular weight excluding hydrogens is 779 g/mol. The van der Waals surface area contributed by atoms with Gasteiger partial charge in [-0.1, -0.05) is 174 Å². The molecule has 0 atom stereocenters. The molecule has 4 heteroatoms. The largest absolute Gasteiger partial charge is 0.507 e. The molecule has 0 amide bonds. The molecule has 0 aliphatic heterocycles. The van der Waals surface area contributed by atoms with Gasteiger partial charge in [-0.15, -0.1) is 0 Å². The van der Waals surface area contributed by atoms with Crippen molar-refractivity contribution >= 4 is 11.0 Å². The van der Waals surface area contributed by atoms with Gasteiger partial charge in [-0.3, -0.25) is 9.55 Å². The Hall–Kier alpha value is -6.26. The monoisotopic (exact) mass is 862 g/mol. The lowest BCUT2D eigenvalue weighted by molar-refractivity contribution is 0.446. The molecule has 64 heavy (non-hydrogen) atoms. The molecule has 326 valence electrons. The molecule has 0 aliphatic rings. The predicted octanol–water partition coefficient (Wildman–Crippen LogP) is 16.3. The average Bonchev–Trinajstić information content (AvgIpc) is 0.947. The van der Waals surface area contributed by atoms with Crippen LogP contribution in [0, 0.1) is 13.8 Å². The number of aromatic hydroxyl groups is 1. The molecule has 0 bridgehead atoms. The summed E-state index contributed by atoms with van der Waals surface area (Å²) in [6, 6.07) is 37.0. The van der Waals surface area contributed by atoms with Gasteiger partial charge in [-0.25, -0.2) is 4.98 Å². The SMILES string of the molecule is [2H]C([2H])([2H])C(c1cc(-c2nc3c(-c4cc(-c5ncc(C)c(-c6ccccc6)c5C)cc(C(C)(C)C)c4)cccc3n2-c2ccc(C(C)(C)C)cc2-c2ccccc2)c(O)c(C(C([2H])([2H])[2H])(C([2H])([2H])[2H])C([2H])([2H])[2H])c1)(C([2H])([2H])[2H])C([2H])([2H])[2H]. The van der Waals surface area contributed by atoms with Crippen LogP contribution in [0.25, 0.3) is 72.7 Å². The highest BCUT2D eigenvalue weighted by Gasteiger charge is 2.30. The van der Waals surface area contributed by atoms with Gasteiger partial charge in [0.2, 0.25) is 0 Å². The number of phenols is 1. The summed E-state index contributed by atoms with van der Waals surface area (Å²) in [5.41, 5.74) is -2.26. The summed E-state index contributed by atoms with van der Waals surface area (Å²) in [5.74, 6) is -1.74. The molecule has 0 radical (unpaired) electrons. The first kappa shape index (κ1) is 27.2. The van der Waals surface area contributed by atoms with Crippen molar-refractivity contribution in [2.24, 2.45) is 0 Å². The fourth-order valence-electron chi connectivity index (χ4n) is 8.54. The molecule has 1 N–H and O–H groups in total. The number of aryl methyl sites for hydroxylation is 1. The van der Waals surface area contributed by atoms with Gasteiger partial charge in [-0.2, -0.15) is 0 Å². The van der Waals surface area contributed by atoms with Crippen molar-refractivity contribution in [3.05, 3.63) is 167 Å². The predicted molar refractivity (Wildman–Crippen MR) is 272 cm³/mol. The van der Waals surface area contributed by atoms with Crippen LogP contribution in [0.15, 0.2) is 134 Å². The number of benzene rings is 6. The second kappa shape index (κ2) is 16.1. The summed E-state index contributed by atoms with van der Waals surface area (Å²) in [6.45, 7) is -8.28. The van der Waals surface area contributed by atoms with Crippen molar-refractivity contribution in [3.63, 3.8) is 0 Å². The smallest absolute Gasteiger partial charge is 0.149 e. The third-order valence-electron chi connectivity index (χ3n) is 12.0. The van der Waals surface area contributed by atoms with E-state index in [0.717, 1.165) is 45.0 Å². The zero-order valence-electron chi connectivity index (χ0n) is 55.5. The Morgan fingerprint density at radius 3 is 1.78 bits per heavy atom. The van der Waals surface area contributed by atoms with E-state index in [1.54, 1.807) is 28.8 Å². The molecule has 2 heterocycles. The number of nitrogens with zero attached hydrogens (tertiary/aromatic N) is 3. The quantitative estimate of drug-likeness (QED) is 0.181. The standard InChI is InChI=1S/C60H65N3O/c1-37-36-61-53(38(2)52(37)40-24-19-16-20-25-40)42-30-41(31-44(32-42)58(6,7)8)46-26-21-27-51-54(46)62-56(48-34-45(59(9,10)11)35-49(55(48)64)60(12,13)14)63(51)50-29-28-43(57(3,4)5)33-47(50)39-22-17-15-18-23-39/h15-36,64H,1-14H3/i9D3,10D3,11D3,12D3,13D3,14D3. The summed E-state index contributed by atoms with van der Waals surface area (Å²) in [7, 11) is 0. The lowest BCUT2D eigenvalue weighted by atomic mass is 9.79. The van der Waals surface area contributed by atoms with Crippen LogP contribution in [0.3, 0.4) is 0 Å². The molecule has 0 saturated heterocycles. The number of hydrogen-bond donors (Lipinski definition) is 1. The Morgan fingerprint density at radius 1 is 0.531 bits per heavy atom. The van der Waals surface area contributed by atoms with Gasteiger partial charge < -0.3 is 5.11 Å². The van der Waals surface area contributed by atoms with Gasteiger partial charge in [0.1, 0.15) is 11.6 Å². The van der Waals surface area contributed by atoms with Gasteiger partial charge in [0, 0.05) is 53.1 Å². The molecule has 0 aliphatic carbocycles. The van der Waals surface area contributed by atoms with Crippen LogP contribution in [-0.4, -0.2) is 19.6 Å². The summed E-state index contributed by atoms with van der Waals surface area (Å²) in [5, 5.41) is 13.1. The van der Waals surface area contributed by atoms with Crippen LogP contribution in [0.1, 0.15) is 141 Å². The Kier molecular flexibility index (Phi) is 6.82. The van der Waals surface area contributed by atoms with Crippen molar-refractivity contribution in [1.29, 1.82) is 0 Å². The van der Waals surface area contributed by atoms with E-state index in [0.29, 0.717) is 45.2 Å². The molecule has 2 aromatic heterocycles. The van der Waals surface area contributed by atoms with Crippen LogP contribution in [-0.2, 0) is 21.7 Å². The van der Waals surface area contributed by atoms with Crippen LogP contribution in [0.4, 0.5) is 0 Å². The summed E-state index contributed by atoms with van der Waals surface area (Å²) < 4.78 is 160. The average molecular weight is 862 g/mol. The van der Waals surface area contributed by atoms with E-state index in [4.69, 9.17) is 34.6 Å². The lowest BCUT2D eigenvalue weighted by Crippen LogP contribution is -2.17. The molecule has 4 nitrogen and oxygen atoms in total. The maximum absolute atomic E-state index is 13.1. The Labute approximate surface area is 407 Å². The van der Waals surface area contributed by atoms with Gasteiger partial charge in [0.15, 0.2) is 0 Å². The number of para-hydroxylation sites is 1. The molecule has 0 fully saturated rings. The van der Waals surface area contributed by atoms with Crippen molar-refractivity contribution in [3.8, 4) is 67.5 Å². The first-order valence-electron chi connectivity index (χ1n) is 30.3. The van der Waals surface area contributed by atoms with Gasteiger partial charge >= 0.3 is 0 Å². The topological polar surface area (TPSA) is 50.9 Å². The fourth-order valence-corrected chi connectivity index (χ4v) is 8.54. The maximum Gasteiger partial charge on any atom is 0.149 e. The first-order chi connectivity index (χ1) is 37.5. The van der Waals surface area contributed by atoms with Crippen LogP contribution in [0.5, 0.6) is 5.75 Å². The van der Waals surface area contributed by atoms with Crippen LogP contribution < -0.4 is 0 Å². The van der Waals surface area contributed by atoms with Crippen molar-refractivity contribution in [1.82, 2.24) is 14.5 Å². The lowest BCUT2D eigenvalue weighted by Gasteiger charge is -2.28. The molecule has 6 aromatic carbocycles. The highest BCUT2D eigenvalue weighted by Crippen LogP contribution is 2.46. The van der Waals surface area contributed by atoms with Crippen molar-refractivity contribution < 1.29 is 29.8 Å². The van der Waals surface area contributed by atoms with Gasteiger partial charge in [0.25, 0.3) is 0 Å². The highest BCUT2D eigenvalue weighted by molar-refractivity contribution is 5.98. The molecule has 0 spiro atoms. The van der Waals surface area contributed by atoms with E-state index < -0.39 is 91.0 Å². The molecule has 0 unspecified atom stereocenters. The number of imidazole rings is 1. The Balaban J connectivity index is 1.64. The third-order valence-corrected chi connectivity index (χ3v) is 12.0. The van der Waals surface area contributed by atoms with E-state index in [2.05, 4.69) is 26.8 Å².